The van der Waals surface area contributed by atoms with Gasteiger partial charge in [-0.05, 0) is 37.1 Å². The first-order valence-electron chi connectivity index (χ1n) is 8.93. The molecule has 0 bridgehead atoms. The van der Waals surface area contributed by atoms with Gasteiger partial charge in [0.15, 0.2) is 0 Å². The summed E-state index contributed by atoms with van der Waals surface area (Å²) < 4.78 is 3.45. The smallest absolute Gasteiger partial charge is 0.266 e. The molecule has 0 saturated heterocycles. The number of primary amides is 1. The van der Waals surface area contributed by atoms with Crippen LogP contribution in [-0.4, -0.2) is 25.5 Å². The molecule has 0 aliphatic rings. The number of halogens is 1. The largest absolute Gasteiger partial charge is 0.364 e. The average molecular weight is 397 g/mol. The first-order valence-corrected chi connectivity index (χ1v) is 9.30. The van der Waals surface area contributed by atoms with Crippen molar-refractivity contribution in [2.75, 3.05) is 0 Å². The van der Waals surface area contributed by atoms with Crippen molar-refractivity contribution in [1.82, 2.24) is 19.6 Å². The molecule has 7 nitrogen and oxygen atoms in total. The molecule has 0 aliphatic heterocycles. The van der Waals surface area contributed by atoms with E-state index in [9.17, 15) is 4.79 Å². The summed E-state index contributed by atoms with van der Waals surface area (Å²) in [6, 6.07) is 10.8. The molecule has 3 rings (SSSR count). The third-order valence-corrected chi connectivity index (χ3v) is 4.81. The summed E-state index contributed by atoms with van der Waals surface area (Å²) in [5, 5.41) is 18.5. The lowest BCUT2D eigenvalue weighted by molar-refractivity contribution is 0.0987. The minimum Gasteiger partial charge on any atom is -0.364 e. The lowest BCUT2D eigenvalue weighted by atomic mass is 10.1. The highest BCUT2D eigenvalue weighted by Crippen LogP contribution is 2.25. The molecule has 0 spiro atoms. The first-order chi connectivity index (χ1) is 13.3. The number of aromatic nitrogens is 4. The molecule has 2 heterocycles. The number of nitrogens with two attached hydrogens (primary N) is 1. The molecule has 1 amide bonds. The normalized spacial score (nSPS) is 12.1. The number of carbonyl (C=O) groups is 1. The van der Waals surface area contributed by atoms with Crippen LogP contribution in [0, 0.1) is 11.3 Å². The van der Waals surface area contributed by atoms with Gasteiger partial charge in [-0.15, -0.1) is 0 Å². The Hall–Kier alpha value is -3.11. The van der Waals surface area contributed by atoms with Gasteiger partial charge in [-0.2, -0.15) is 15.5 Å². The van der Waals surface area contributed by atoms with Gasteiger partial charge in [-0.25, -0.2) is 0 Å². The molecular weight excluding hydrogens is 376 g/mol. The van der Waals surface area contributed by atoms with E-state index in [2.05, 4.69) is 10.2 Å². The fourth-order valence-corrected chi connectivity index (χ4v) is 3.17. The summed E-state index contributed by atoms with van der Waals surface area (Å²) >= 11 is 6.11. The first kappa shape index (κ1) is 19.6. The van der Waals surface area contributed by atoms with Crippen molar-refractivity contribution < 1.29 is 4.79 Å². The molecule has 144 valence electrons. The molecule has 1 aromatic carbocycles. The van der Waals surface area contributed by atoms with E-state index in [1.54, 1.807) is 27.6 Å². The van der Waals surface area contributed by atoms with E-state index in [1.807, 2.05) is 45.2 Å². The zero-order chi connectivity index (χ0) is 20.4. The highest BCUT2D eigenvalue weighted by atomic mass is 35.5. The van der Waals surface area contributed by atoms with Crippen LogP contribution in [0.1, 0.15) is 54.5 Å². The fourth-order valence-electron chi connectivity index (χ4n) is 2.95. The predicted molar refractivity (Wildman–Crippen MR) is 107 cm³/mol. The maximum Gasteiger partial charge on any atom is 0.266 e. The van der Waals surface area contributed by atoms with E-state index in [-0.39, 0.29) is 12.0 Å². The Morgan fingerprint density at radius 1 is 1.25 bits per heavy atom. The number of carbonyl (C=O) groups excluding carboxylic acids is 1. The van der Waals surface area contributed by atoms with Crippen molar-refractivity contribution in [1.29, 1.82) is 5.26 Å². The van der Waals surface area contributed by atoms with Gasteiger partial charge in [0.05, 0.1) is 34.6 Å². The van der Waals surface area contributed by atoms with Gasteiger partial charge in [0.2, 0.25) is 0 Å². The SMILES string of the molecule is CC(C)c1cc(C(N)=O)n([C@@H](C)Cn2ccc(-c3ccc(C#N)c(Cl)c3)n2)n1. The Bertz CT molecular complexity index is 1060. The third kappa shape index (κ3) is 3.92. The Morgan fingerprint density at radius 3 is 2.61 bits per heavy atom. The topological polar surface area (TPSA) is 103 Å². The second-order valence-corrected chi connectivity index (χ2v) is 7.40. The third-order valence-electron chi connectivity index (χ3n) is 4.49. The van der Waals surface area contributed by atoms with Crippen LogP contribution in [0.15, 0.2) is 36.5 Å². The van der Waals surface area contributed by atoms with Gasteiger partial charge < -0.3 is 5.73 Å². The van der Waals surface area contributed by atoms with Gasteiger partial charge in [-0.1, -0.05) is 31.5 Å². The van der Waals surface area contributed by atoms with Crippen LogP contribution in [-0.2, 0) is 6.54 Å². The standard InChI is InChI=1S/C20H21ClN6O/c1-12(2)18-9-19(20(23)28)27(25-18)13(3)11-26-7-6-17(24-26)14-4-5-15(10-22)16(21)8-14/h4-9,12-13H,11H2,1-3H3,(H2,23,28)/t13-/m0/s1. The van der Waals surface area contributed by atoms with Gasteiger partial charge in [0.1, 0.15) is 11.8 Å². The number of hydrogen-bond acceptors (Lipinski definition) is 4. The van der Waals surface area contributed by atoms with Crippen LogP contribution in [0.3, 0.4) is 0 Å². The number of rotatable bonds is 6. The molecule has 0 fully saturated rings. The molecule has 28 heavy (non-hydrogen) atoms. The second kappa shape index (κ2) is 7.87. The lowest BCUT2D eigenvalue weighted by Crippen LogP contribution is -2.22. The number of nitriles is 1. The molecule has 3 aromatic rings. The zero-order valence-electron chi connectivity index (χ0n) is 15.9. The van der Waals surface area contributed by atoms with Crippen molar-refractivity contribution in [2.45, 2.75) is 39.3 Å². The number of benzene rings is 1. The van der Waals surface area contributed by atoms with E-state index in [1.165, 1.54) is 0 Å². The van der Waals surface area contributed by atoms with Crippen LogP contribution in [0.5, 0.6) is 0 Å². The van der Waals surface area contributed by atoms with Crippen LogP contribution < -0.4 is 5.73 Å². The van der Waals surface area contributed by atoms with E-state index in [0.717, 1.165) is 17.0 Å². The Morgan fingerprint density at radius 2 is 2.00 bits per heavy atom. The van der Waals surface area contributed by atoms with Crippen molar-refractivity contribution >= 4 is 17.5 Å². The number of nitrogens with zero attached hydrogens (tertiary/aromatic N) is 5. The monoisotopic (exact) mass is 396 g/mol. The van der Waals surface area contributed by atoms with Crippen molar-refractivity contribution in [3.63, 3.8) is 0 Å². The molecular formula is C20H21ClN6O. The van der Waals surface area contributed by atoms with Gasteiger partial charge >= 0.3 is 0 Å². The van der Waals surface area contributed by atoms with E-state index >= 15 is 0 Å². The van der Waals surface area contributed by atoms with Crippen LogP contribution in [0.25, 0.3) is 11.3 Å². The van der Waals surface area contributed by atoms with Crippen molar-refractivity contribution in [3.8, 4) is 17.3 Å². The summed E-state index contributed by atoms with van der Waals surface area (Å²) in [6.07, 6.45) is 1.86. The highest BCUT2D eigenvalue weighted by molar-refractivity contribution is 6.32. The maximum atomic E-state index is 11.8. The molecule has 2 N–H and O–H groups in total. The molecule has 2 aromatic heterocycles. The molecule has 0 saturated carbocycles. The van der Waals surface area contributed by atoms with E-state index < -0.39 is 5.91 Å². The minimum absolute atomic E-state index is 0.118. The number of amides is 1. The summed E-state index contributed by atoms with van der Waals surface area (Å²) in [6.45, 7) is 6.52. The molecule has 8 heteroatoms. The predicted octanol–water partition coefficient (Wildman–Crippen LogP) is 3.76. The van der Waals surface area contributed by atoms with Crippen molar-refractivity contribution in [3.05, 3.63) is 58.5 Å². The van der Waals surface area contributed by atoms with E-state index in [4.69, 9.17) is 22.6 Å². The van der Waals surface area contributed by atoms with Crippen LogP contribution in [0.4, 0.5) is 0 Å². The summed E-state index contributed by atoms with van der Waals surface area (Å²) in [5.74, 6) is -0.302. The average Bonchev–Trinajstić information content (AvgIpc) is 3.29. The fraction of sp³-hybridized carbons (Fsp3) is 0.300. The van der Waals surface area contributed by atoms with Gasteiger partial charge in [-0.3, -0.25) is 14.2 Å². The minimum atomic E-state index is -0.500. The molecule has 0 unspecified atom stereocenters. The van der Waals surface area contributed by atoms with Gasteiger partial charge in [0.25, 0.3) is 5.91 Å². The Labute approximate surface area is 168 Å². The highest BCUT2D eigenvalue weighted by Gasteiger charge is 2.19. The van der Waals surface area contributed by atoms with Crippen LogP contribution >= 0.6 is 11.6 Å². The lowest BCUT2D eigenvalue weighted by Gasteiger charge is -2.14. The van der Waals surface area contributed by atoms with E-state index in [0.29, 0.717) is 22.8 Å². The Kier molecular flexibility index (Phi) is 5.52. The van der Waals surface area contributed by atoms with Crippen molar-refractivity contribution in [2.24, 2.45) is 5.73 Å². The summed E-state index contributed by atoms with van der Waals surface area (Å²) in [5.41, 5.74) is 8.74. The quantitative estimate of drug-likeness (QED) is 0.685. The second-order valence-electron chi connectivity index (χ2n) is 7.00. The number of hydrogen-bond donors (Lipinski definition) is 1. The maximum absolute atomic E-state index is 11.8. The summed E-state index contributed by atoms with van der Waals surface area (Å²) in [4.78, 5) is 11.8. The summed E-state index contributed by atoms with van der Waals surface area (Å²) in [7, 11) is 0. The zero-order valence-corrected chi connectivity index (χ0v) is 16.7. The van der Waals surface area contributed by atoms with Gasteiger partial charge in [0, 0.05) is 11.8 Å². The van der Waals surface area contributed by atoms with Crippen LogP contribution in [0.2, 0.25) is 5.02 Å². The molecule has 0 aliphatic carbocycles. The molecule has 0 radical (unpaired) electrons. The molecule has 1 atom stereocenters. The Balaban J connectivity index is 1.83.